The molecule has 0 spiro atoms. The summed E-state index contributed by atoms with van der Waals surface area (Å²) in [4.78, 5) is 25.6. The van der Waals surface area contributed by atoms with Crippen molar-refractivity contribution in [1.29, 1.82) is 0 Å². The Morgan fingerprint density at radius 2 is 1.83 bits per heavy atom. The van der Waals surface area contributed by atoms with Gasteiger partial charge in [0.15, 0.2) is 0 Å². The van der Waals surface area contributed by atoms with Crippen LogP contribution in [-0.2, 0) is 9.59 Å². The van der Waals surface area contributed by atoms with Crippen LogP contribution >= 0.6 is 11.6 Å². The number of carbonyl (C=O) groups is 2. The molecule has 24 heavy (non-hydrogen) atoms. The second kappa shape index (κ2) is 7.84. The fourth-order valence-electron chi connectivity index (χ4n) is 2.21. The molecule has 0 atom stereocenters. The van der Waals surface area contributed by atoms with Crippen molar-refractivity contribution in [2.24, 2.45) is 0 Å². The molecule has 2 aromatic rings. The predicted molar refractivity (Wildman–Crippen MR) is 95.8 cm³/mol. The molecule has 0 aliphatic carbocycles. The molecule has 0 radical (unpaired) electrons. The maximum Gasteiger partial charge on any atom is 0.244 e. The normalized spacial score (nSPS) is 10.2. The summed E-state index contributed by atoms with van der Waals surface area (Å²) < 4.78 is 5.10. The Hall–Kier alpha value is -2.53. The van der Waals surface area contributed by atoms with Gasteiger partial charge in [-0.05, 0) is 48.9 Å². The highest BCUT2D eigenvalue weighted by Crippen LogP contribution is 2.22. The third-order valence-corrected chi connectivity index (χ3v) is 3.77. The zero-order chi connectivity index (χ0) is 17.7. The van der Waals surface area contributed by atoms with E-state index in [9.17, 15) is 9.59 Å². The summed E-state index contributed by atoms with van der Waals surface area (Å²) in [5.74, 6) is 0.158. The van der Waals surface area contributed by atoms with Gasteiger partial charge in [0.1, 0.15) is 12.3 Å². The van der Waals surface area contributed by atoms with Crippen LogP contribution in [0.4, 0.5) is 11.4 Å². The summed E-state index contributed by atoms with van der Waals surface area (Å²) in [5.41, 5.74) is 2.15. The molecule has 0 aliphatic rings. The molecule has 6 heteroatoms. The lowest BCUT2D eigenvalue weighted by molar-refractivity contribution is -0.120. The number of carbonyl (C=O) groups excluding carboxylic acids is 2. The first-order chi connectivity index (χ1) is 11.4. The zero-order valence-corrected chi connectivity index (χ0v) is 14.6. The van der Waals surface area contributed by atoms with Gasteiger partial charge in [-0.1, -0.05) is 17.7 Å². The molecule has 5 nitrogen and oxygen atoms in total. The first-order valence-electron chi connectivity index (χ1n) is 7.39. The number of hydrogen-bond donors (Lipinski definition) is 1. The lowest BCUT2D eigenvalue weighted by Crippen LogP contribution is -2.36. The lowest BCUT2D eigenvalue weighted by atomic mass is 10.2. The molecule has 2 amide bonds. The van der Waals surface area contributed by atoms with Crippen molar-refractivity contribution in [3.8, 4) is 5.75 Å². The molecule has 0 aliphatic heterocycles. The average Bonchev–Trinajstić information content (AvgIpc) is 2.56. The summed E-state index contributed by atoms with van der Waals surface area (Å²) >= 11 is 5.95. The van der Waals surface area contributed by atoms with Crippen molar-refractivity contribution in [3.63, 3.8) is 0 Å². The van der Waals surface area contributed by atoms with Crippen molar-refractivity contribution < 1.29 is 14.3 Å². The first kappa shape index (κ1) is 17.8. The van der Waals surface area contributed by atoms with Gasteiger partial charge >= 0.3 is 0 Å². The fourth-order valence-corrected chi connectivity index (χ4v) is 2.38. The molecule has 0 fully saturated rings. The van der Waals surface area contributed by atoms with E-state index in [1.807, 2.05) is 13.0 Å². The third-order valence-electron chi connectivity index (χ3n) is 3.54. The van der Waals surface area contributed by atoms with Gasteiger partial charge in [0.25, 0.3) is 0 Å². The second-order valence-electron chi connectivity index (χ2n) is 5.31. The van der Waals surface area contributed by atoms with Crippen molar-refractivity contribution in [2.45, 2.75) is 13.8 Å². The van der Waals surface area contributed by atoms with Crippen molar-refractivity contribution in [1.82, 2.24) is 0 Å². The van der Waals surface area contributed by atoms with Crippen LogP contribution in [-0.4, -0.2) is 25.5 Å². The molecular weight excluding hydrogens is 328 g/mol. The number of amides is 2. The molecule has 0 heterocycles. The van der Waals surface area contributed by atoms with E-state index in [4.69, 9.17) is 16.3 Å². The van der Waals surface area contributed by atoms with Crippen LogP contribution in [0.25, 0.3) is 0 Å². The molecule has 126 valence electrons. The van der Waals surface area contributed by atoms with E-state index in [1.165, 1.54) is 11.8 Å². The van der Waals surface area contributed by atoms with Crippen molar-refractivity contribution in [2.75, 3.05) is 23.9 Å². The molecule has 0 bridgehead atoms. The number of rotatable bonds is 5. The van der Waals surface area contributed by atoms with Gasteiger partial charge in [0, 0.05) is 23.3 Å². The van der Waals surface area contributed by atoms with Crippen LogP contribution in [0, 0.1) is 6.92 Å². The maximum absolute atomic E-state index is 12.3. The van der Waals surface area contributed by atoms with Gasteiger partial charge in [-0.2, -0.15) is 0 Å². The third kappa shape index (κ3) is 4.49. The van der Waals surface area contributed by atoms with Gasteiger partial charge < -0.3 is 15.0 Å². The summed E-state index contributed by atoms with van der Waals surface area (Å²) in [6.45, 7) is 3.20. The van der Waals surface area contributed by atoms with E-state index in [0.29, 0.717) is 22.1 Å². The lowest BCUT2D eigenvalue weighted by Gasteiger charge is -2.21. The number of anilines is 2. The second-order valence-corrected chi connectivity index (χ2v) is 5.75. The number of hydrogen-bond acceptors (Lipinski definition) is 3. The highest BCUT2D eigenvalue weighted by molar-refractivity contribution is 6.31. The standard InChI is InChI=1S/C18H19ClN2O3/c1-12-4-5-14(19)10-17(12)20-18(23)11-21(13(2)22)15-6-8-16(24-3)9-7-15/h4-10H,11H2,1-3H3,(H,20,23). The monoisotopic (exact) mass is 346 g/mol. The van der Waals surface area contributed by atoms with E-state index in [2.05, 4.69) is 5.32 Å². The minimum atomic E-state index is -0.300. The SMILES string of the molecule is COc1ccc(N(CC(=O)Nc2cc(Cl)ccc2C)C(C)=O)cc1. The molecule has 0 saturated carbocycles. The number of halogens is 1. The number of nitrogens with zero attached hydrogens (tertiary/aromatic N) is 1. The Morgan fingerprint density at radius 1 is 1.17 bits per heavy atom. The minimum absolute atomic E-state index is 0.0897. The number of nitrogens with one attached hydrogen (secondary N) is 1. The van der Waals surface area contributed by atoms with Crippen LogP contribution in [0.15, 0.2) is 42.5 Å². The number of methoxy groups -OCH3 is 1. The molecule has 0 unspecified atom stereocenters. The van der Waals surface area contributed by atoms with Gasteiger partial charge in [-0.25, -0.2) is 0 Å². The Morgan fingerprint density at radius 3 is 2.42 bits per heavy atom. The van der Waals surface area contributed by atoms with E-state index in [1.54, 1.807) is 43.5 Å². The number of aryl methyl sites for hydroxylation is 1. The molecule has 1 N–H and O–H groups in total. The van der Waals surface area contributed by atoms with E-state index in [-0.39, 0.29) is 18.4 Å². The number of benzene rings is 2. The van der Waals surface area contributed by atoms with E-state index in [0.717, 1.165) is 5.56 Å². The summed E-state index contributed by atoms with van der Waals surface area (Å²) in [7, 11) is 1.57. The van der Waals surface area contributed by atoms with Gasteiger partial charge in [-0.15, -0.1) is 0 Å². The Balaban J connectivity index is 2.13. The molecule has 2 rings (SSSR count). The van der Waals surface area contributed by atoms with Crippen molar-refractivity contribution >= 4 is 34.8 Å². The number of ether oxygens (including phenoxy) is 1. The fraction of sp³-hybridized carbons (Fsp3) is 0.222. The van der Waals surface area contributed by atoms with Gasteiger partial charge in [0.2, 0.25) is 11.8 Å². The quantitative estimate of drug-likeness (QED) is 0.899. The molecular formula is C18H19ClN2O3. The first-order valence-corrected chi connectivity index (χ1v) is 7.76. The average molecular weight is 347 g/mol. The summed E-state index contributed by atoms with van der Waals surface area (Å²) in [6, 6.07) is 12.2. The zero-order valence-electron chi connectivity index (χ0n) is 13.8. The summed E-state index contributed by atoms with van der Waals surface area (Å²) in [5, 5.41) is 3.32. The van der Waals surface area contributed by atoms with E-state index >= 15 is 0 Å². The molecule has 2 aromatic carbocycles. The van der Waals surface area contributed by atoms with E-state index < -0.39 is 0 Å². The highest BCUT2D eigenvalue weighted by atomic mass is 35.5. The van der Waals surface area contributed by atoms with Crippen LogP contribution in [0.5, 0.6) is 5.75 Å². The summed E-state index contributed by atoms with van der Waals surface area (Å²) in [6.07, 6.45) is 0. The maximum atomic E-state index is 12.3. The Labute approximate surface area is 146 Å². The largest absolute Gasteiger partial charge is 0.497 e. The molecule has 0 aromatic heterocycles. The van der Waals surface area contributed by atoms with Gasteiger partial charge in [0.05, 0.1) is 7.11 Å². The Bertz CT molecular complexity index is 744. The minimum Gasteiger partial charge on any atom is -0.497 e. The topological polar surface area (TPSA) is 58.6 Å². The van der Waals surface area contributed by atoms with Crippen LogP contribution in [0.2, 0.25) is 5.02 Å². The smallest absolute Gasteiger partial charge is 0.244 e. The van der Waals surface area contributed by atoms with Crippen LogP contribution in [0.3, 0.4) is 0 Å². The Kier molecular flexibility index (Phi) is 5.82. The highest BCUT2D eigenvalue weighted by Gasteiger charge is 2.16. The van der Waals surface area contributed by atoms with Gasteiger partial charge in [-0.3, -0.25) is 9.59 Å². The molecule has 0 saturated heterocycles. The van der Waals surface area contributed by atoms with Crippen LogP contribution in [0.1, 0.15) is 12.5 Å². The van der Waals surface area contributed by atoms with Crippen LogP contribution < -0.4 is 15.0 Å². The van der Waals surface area contributed by atoms with Crippen molar-refractivity contribution in [3.05, 3.63) is 53.1 Å². The predicted octanol–water partition coefficient (Wildman–Crippen LogP) is 3.65.